The van der Waals surface area contributed by atoms with Crippen molar-refractivity contribution in [2.75, 3.05) is 10.6 Å². The average Bonchev–Trinajstić information content (AvgIpc) is 2.61. The first-order valence-corrected chi connectivity index (χ1v) is 9.28. The van der Waals surface area contributed by atoms with Gasteiger partial charge in [0, 0.05) is 29.6 Å². The van der Waals surface area contributed by atoms with Gasteiger partial charge in [-0.2, -0.15) is 0 Å². The summed E-state index contributed by atoms with van der Waals surface area (Å²) >= 11 is 1.38. The second-order valence-corrected chi connectivity index (χ2v) is 7.25. The van der Waals surface area contributed by atoms with Gasteiger partial charge in [-0.05, 0) is 37.1 Å². The third-order valence-corrected chi connectivity index (χ3v) is 5.14. The smallest absolute Gasteiger partial charge is 0.271 e. The van der Waals surface area contributed by atoms with Gasteiger partial charge in [-0.25, -0.2) is 0 Å². The number of hydrogen-bond donors (Lipinski definition) is 2. The number of amides is 2. The van der Waals surface area contributed by atoms with Gasteiger partial charge < -0.3 is 10.6 Å². The predicted octanol–water partition coefficient (Wildman–Crippen LogP) is 4.37. The Morgan fingerprint density at radius 3 is 2.56 bits per heavy atom. The molecule has 0 heterocycles. The number of anilines is 2. The third kappa shape index (κ3) is 5.82. The summed E-state index contributed by atoms with van der Waals surface area (Å²) in [6.45, 7) is 5.11. The van der Waals surface area contributed by atoms with Crippen molar-refractivity contribution in [3.05, 3.63) is 58.1 Å². The summed E-state index contributed by atoms with van der Waals surface area (Å²) in [7, 11) is 0. The number of nitrogens with one attached hydrogen (secondary N) is 2. The molecule has 0 saturated carbocycles. The molecule has 142 valence electrons. The fourth-order valence-electron chi connectivity index (χ4n) is 2.41. The highest BCUT2D eigenvalue weighted by Gasteiger charge is 2.20. The van der Waals surface area contributed by atoms with Gasteiger partial charge in [0.1, 0.15) is 0 Å². The molecule has 2 aromatic rings. The molecule has 2 aromatic carbocycles. The average molecular weight is 387 g/mol. The molecule has 0 saturated heterocycles. The van der Waals surface area contributed by atoms with Crippen LogP contribution in [-0.4, -0.2) is 22.0 Å². The highest BCUT2D eigenvalue weighted by molar-refractivity contribution is 8.00. The Morgan fingerprint density at radius 1 is 1.19 bits per heavy atom. The lowest BCUT2D eigenvalue weighted by Crippen LogP contribution is -2.25. The van der Waals surface area contributed by atoms with E-state index in [0.717, 1.165) is 10.5 Å². The number of nitro benzene ring substituents is 1. The molecule has 27 heavy (non-hydrogen) atoms. The van der Waals surface area contributed by atoms with E-state index in [4.69, 9.17) is 0 Å². The van der Waals surface area contributed by atoms with Crippen LogP contribution in [0.15, 0.2) is 47.4 Å². The van der Waals surface area contributed by atoms with Gasteiger partial charge in [-0.15, -0.1) is 11.8 Å². The largest absolute Gasteiger partial charge is 0.326 e. The van der Waals surface area contributed by atoms with Crippen molar-refractivity contribution in [2.45, 2.75) is 37.3 Å². The van der Waals surface area contributed by atoms with Crippen LogP contribution in [0.3, 0.4) is 0 Å². The van der Waals surface area contributed by atoms with Crippen LogP contribution < -0.4 is 10.6 Å². The third-order valence-electron chi connectivity index (χ3n) is 3.79. The van der Waals surface area contributed by atoms with Crippen LogP contribution in [0.1, 0.15) is 25.8 Å². The summed E-state index contributed by atoms with van der Waals surface area (Å²) in [6.07, 6.45) is 0.578. The number of aryl methyl sites for hydroxylation is 1. The Morgan fingerprint density at radius 2 is 1.93 bits per heavy atom. The maximum absolute atomic E-state index is 12.7. The van der Waals surface area contributed by atoms with Crippen LogP contribution in [0, 0.1) is 17.0 Å². The zero-order valence-corrected chi connectivity index (χ0v) is 16.1. The molecular weight excluding hydrogens is 366 g/mol. The first-order chi connectivity index (χ1) is 12.8. The molecule has 2 amide bonds. The molecule has 8 heteroatoms. The topological polar surface area (TPSA) is 101 Å². The fourth-order valence-corrected chi connectivity index (χ4v) is 3.42. The second-order valence-electron chi connectivity index (χ2n) is 5.97. The van der Waals surface area contributed by atoms with E-state index in [2.05, 4.69) is 10.6 Å². The minimum absolute atomic E-state index is 0.0698. The Bertz CT molecular complexity index is 870. The number of benzene rings is 2. The van der Waals surface area contributed by atoms with Crippen LogP contribution >= 0.6 is 11.8 Å². The van der Waals surface area contributed by atoms with Gasteiger partial charge in [-0.1, -0.05) is 19.1 Å². The van der Waals surface area contributed by atoms with Crippen molar-refractivity contribution < 1.29 is 14.5 Å². The molecule has 1 atom stereocenters. The Hall–Kier alpha value is -2.87. The van der Waals surface area contributed by atoms with Crippen LogP contribution in [-0.2, 0) is 9.59 Å². The summed E-state index contributed by atoms with van der Waals surface area (Å²) in [5, 5.41) is 16.1. The molecule has 0 aromatic heterocycles. The van der Waals surface area contributed by atoms with E-state index in [0.29, 0.717) is 17.8 Å². The highest BCUT2D eigenvalue weighted by atomic mass is 32.2. The van der Waals surface area contributed by atoms with E-state index in [-0.39, 0.29) is 22.8 Å². The number of thioether (sulfide) groups is 1. The molecule has 0 aliphatic heterocycles. The molecule has 0 aliphatic rings. The van der Waals surface area contributed by atoms with Crippen LogP contribution in [0.2, 0.25) is 0 Å². The summed E-state index contributed by atoms with van der Waals surface area (Å²) < 4.78 is 0. The first-order valence-electron chi connectivity index (χ1n) is 8.40. The van der Waals surface area contributed by atoms with Crippen molar-refractivity contribution in [2.24, 2.45) is 0 Å². The molecule has 2 rings (SSSR count). The van der Waals surface area contributed by atoms with Gasteiger partial charge in [0.05, 0.1) is 15.9 Å². The van der Waals surface area contributed by atoms with E-state index in [1.165, 1.54) is 30.8 Å². The SMILES string of the molecule is CCC(Sc1cccc(NC(C)=O)c1)C(=O)Nc1cc([N+](=O)[O-])ccc1C. The molecule has 0 spiro atoms. The minimum atomic E-state index is -0.491. The van der Waals surface area contributed by atoms with Gasteiger partial charge in [0.25, 0.3) is 5.69 Å². The number of nitro groups is 1. The molecule has 1 unspecified atom stereocenters. The summed E-state index contributed by atoms with van der Waals surface area (Å²) in [5.41, 5.74) is 1.78. The lowest BCUT2D eigenvalue weighted by Gasteiger charge is -2.16. The minimum Gasteiger partial charge on any atom is -0.326 e. The lowest BCUT2D eigenvalue weighted by atomic mass is 10.1. The van der Waals surface area contributed by atoms with Crippen molar-refractivity contribution in [3.8, 4) is 0 Å². The summed E-state index contributed by atoms with van der Waals surface area (Å²) in [4.78, 5) is 35.2. The van der Waals surface area contributed by atoms with Crippen molar-refractivity contribution >= 4 is 40.6 Å². The van der Waals surface area contributed by atoms with Gasteiger partial charge in [-0.3, -0.25) is 19.7 Å². The number of carbonyl (C=O) groups excluding carboxylic acids is 2. The Kier molecular flexibility index (Phi) is 6.95. The van der Waals surface area contributed by atoms with Gasteiger partial charge in [0.15, 0.2) is 0 Å². The molecule has 0 radical (unpaired) electrons. The molecular formula is C19H21N3O4S. The van der Waals surface area contributed by atoms with Crippen LogP contribution in [0.4, 0.5) is 17.1 Å². The van der Waals surface area contributed by atoms with Crippen molar-refractivity contribution in [1.29, 1.82) is 0 Å². The summed E-state index contributed by atoms with van der Waals surface area (Å²) in [6, 6.07) is 11.6. The lowest BCUT2D eigenvalue weighted by molar-refractivity contribution is -0.384. The number of rotatable bonds is 7. The van der Waals surface area contributed by atoms with E-state index in [1.54, 1.807) is 25.1 Å². The maximum atomic E-state index is 12.7. The molecule has 0 aliphatic carbocycles. The van der Waals surface area contributed by atoms with Crippen LogP contribution in [0.5, 0.6) is 0 Å². The first kappa shape index (κ1) is 20.4. The number of non-ortho nitro benzene ring substituents is 1. The Balaban J connectivity index is 2.13. The maximum Gasteiger partial charge on any atom is 0.271 e. The van der Waals surface area contributed by atoms with E-state index in [9.17, 15) is 19.7 Å². The molecule has 0 bridgehead atoms. The van der Waals surface area contributed by atoms with Crippen molar-refractivity contribution in [3.63, 3.8) is 0 Å². The monoisotopic (exact) mass is 387 g/mol. The normalized spacial score (nSPS) is 11.5. The van der Waals surface area contributed by atoms with E-state index in [1.807, 2.05) is 19.1 Å². The zero-order valence-electron chi connectivity index (χ0n) is 15.3. The van der Waals surface area contributed by atoms with Gasteiger partial charge in [0.2, 0.25) is 11.8 Å². The molecule has 7 nitrogen and oxygen atoms in total. The van der Waals surface area contributed by atoms with Crippen molar-refractivity contribution in [1.82, 2.24) is 0 Å². The second kappa shape index (κ2) is 9.18. The quantitative estimate of drug-likeness (QED) is 0.417. The van der Waals surface area contributed by atoms with Gasteiger partial charge >= 0.3 is 0 Å². The Labute approximate surface area is 161 Å². The zero-order chi connectivity index (χ0) is 20.0. The molecule has 2 N–H and O–H groups in total. The predicted molar refractivity (Wildman–Crippen MR) is 107 cm³/mol. The highest BCUT2D eigenvalue weighted by Crippen LogP contribution is 2.29. The number of carbonyl (C=O) groups is 2. The fraction of sp³-hybridized carbons (Fsp3) is 0.263. The number of nitrogens with zero attached hydrogens (tertiary/aromatic N) is 1. The summed E-state index contributed by atoms with van der Waals surface area (Å²) in [5.74, 6) is -0.390. The molecule has 0 fully saturated rings. The van der Waals surface area contributed by atoms with Crippen LogP contribution in [0.25, 0.3) is 0 Å². The number of hydrogen-bond acceptors (Lipinski definition) is 5. The standard InChI is InChI=1S/C19H21N3O4S/c1-4-18(27-16-7-5-6-14(10-16)20-13(3)23)19(24)21-17-11-15(22(25)26)9-8-12(17)2/h5-11,18H,4H2,1-3H3,(H,20,23)(H,21,24). The van der Waals surface area contributed by atoms with E-state index >= 15 is 0 Å². The van der Waals surface area contributed by atoms with E-state index < -0.39 is 4.92 Å².